The molecule has 1 fully saturated rings. The van der Waals surface area contributed by atoms with Crippen LogP contribution < -0.4 is 5.73 Å². The number of benzene rings is 1. The topological polar surface area (TPSA) is 161 Å². The van der Waals surface area contributed by atoms with E-state index in [0.717, 1.165) is 18.9 Å². The first-order valence-corrected chi connectivity index (χ1v) is 12.2. The van der Waals surface area contributed by atoms with Crippen molar-refractivity contribution in [3.63, 3.8) is 0 Å². The Bertz CT molecular complexity index is 1300. The van der Waals surface area contributed by atoms with Crippen molar-refractivity contribution in [3.05, 3.63) is 45.2 Å². The second kappa shape index (κ2) is 9.42. The Kier molecular flexibility index (Phi) is 6.86. The van der Waals surface area contributed by atoms with E-state index >= 15 is 0 Å². The number of halogens is 3. The molecule has 0 spiro atoms. The predicted octanol–water partition coefficient (Wildman–Crippen LogP) is 2.67. The molecule has 3 aliphatic rings. The lowest BCUT2D eigenvalue weighted by molar-refractivity contribution is -0.147. The van der Waals surface area contributed by atoms with Crippen molar-refractivity contribution in [1.29, 1.82) is 0 Å². The van der Waals surface area contributed by atoms with Gasteiger partial charge in [-0.2, -0.15) is 13.2 Å². The van der Waals surface area contributed by atoms with Crippen LogP contribution in [0.25, 0.3) is 5.76 Å². The number of nitrogens with zero attached hydrogens (tertiary/aromatic N) is 1. The molecule has 0 radical (unpaired) electrons. The highest BCUT2D eigenvalue weighted by Gasteiger charge is 2.60. The van der Waals surface area contributed by atoms with E-state index in [9.17, 15) is 48.0 Å². The van der Waals surface area contributed by atoms with Crippen molar-refractivity contribution >= 4 is 23.2 Å². The molecule has 6 N–H and O–H groups in total. The molecule has 12 heteroatoms. The molecule has 1 saturated carbocycles. The Labute approximate surface area is 216 Å². The van der Waals surface area contributed by atoms with Crippen LogP contribution in [0.15, 0.2) is 23.0 Å². The van der Waals surface area contributed by atoms with E-state index in [1.165, 1.54) is 0 Å². The van der Waals surface area contributed by atoms with Crippen molar-refractivity contribution in [3.8, 4) is 5.75 Å². The Morgan fingerprint density at radius 1 is 1.21 bits per heavy atom. The number of aliphatic hydroxyl groups is 3. The molecule has 4 rings (SSSR count). The highest BCUT2D eigenvalue weighted by Crippen LogP contribution is 2.54. The number of unbranched alkanes of at least 4 members (excludes halogenated alkanes) is 1. The zero-order valence-electron chi connectivity index (χ0n) is 20.9. The van der Waals surface area contributed by atoms with Crippen LogP contribution in [0.1, 0.15) is 54.9 Å². The number of Topliss-reactive ketones (excluding diaryl/α,β-unsaturated/α-hetero) is 2. The zero-order chi connectivity index (χ0) is 28.3. The van der Waals surface area contributed by atoms with Crippen molar-refractivity contribution in [2.24, 2.45) is 17.6 Å². The summed E-state index contributed by atoms with van der Waals surface area (Å²) in [6.45, 7) is 2.35. The second-order valence-corrected chi connectivity index (χ2v) is 10.3. The minimum atomic E-state index is -4.85. The fourth-order valence-electron chi connectivity index (χ4n) is 6.04. The van der Waals surface area contributed by atoms with Gasteiger partial charge in [-0.15, -0.1) is 0 Å². The average Bonchev–Trinajstić information content (AvgIpc) is 2.78. The number of hydrogen-bond donors (Lipinski definition) is 5. The predicted molar refractivity (Wildman–Crippen MR) is 128 cm³/mol. The third kappa shape index (κ3) is 4.15. The summed E-state index contributed by atoms with van der Waals surface area (Å²) in [4.78, 5) is 39.3. The first-order chi connectivity index (χ1) is 17.6. The van der Waals surface area contributed by atoms with E-state index in [-0.39, 0.29) is 24.1 Å². The molecule has 9 nitrogen and oxygen atoms in total. The summed E-state index contributed by atoms with van der Waals surface area (Å²) < 4.78 is 43.3. The number of nitrogens with two attached hydrogens (primary N) is 1. The number of phenolic OH excluding ortho intramolecular Hbond substituents is 1. The molecule has 0 bridgehead atoms. The highest BCUT2D eigenvalue weighted by atomic mass is 19.4. The molecule has 3 aliphatic carbocycles. The lowest BCUT2D eigenvalue weighted by Gasteiger charge is -2.46. The lowest BCUT2D eigenvalue weighted by Crippen LogP contribution is -2.58. The molecule has 3 atom stereocenters. The van der Waals surface area contributed by atoms with Gasteiger partial charge in [-0.25, -0.2) is 0 Å². The molecule has 0 saturated heterocycles. The SMILES string of the molecule is CCCCN(C)Cc1cc(O)c2c(c1C(F)(F)F)C[C@H]1C[C@H]3CC(=O)C(C(N)=O)=C(O)[C@@]3(O)C(=O)C1=C2O. The standard InChI is InChI=1S/C26H29F3N2O7/c1-3-4-5-31(2)10-12-8-15(32)18-14(20(12)26(27,28)29)7-11-6-13-9-16(33)19(24(30)37)23(36)25(13,38)22(35)17(11)21(18)34/h8,11,13,32,34,36,38H,3-7,9-10H2,1-2H3,(H2,30,37)/t11-,13+,25+/m1/s1. The number of amides is 1. The highest BCUT2D eigenvalue weighted by molar-refractivity contribution is 6.22. The number of hydrogen-bond acceptors (Lipinski definition) is 8. The Hall–Kier alpha value is -3.38. The smallest absolute Gasteiger partial charge is 0.417 e. The third-order valence-corrected chi connectivity index (χ3v) is 7.77. The Morgan fingerprint density at radius 3 is 2.45 bits per heavy atom. The number of phenols is 1. The number of aromatic hydroxyl groups is 1. The quantitative estimate of drug-likeness (QED) is 0.346. The molecule has 1 aromatic carbocycles. The fourth-order valence-corrected chi connectivity index (χ4v) is 6.04. The van der Waals surface area contributed by atoms with Gasteiger partial charge in [0.2, 0.25) is 5.78 Å². The zero-order valence-corrected chi connectivity index (χ0v) is 20.9. The molecule has 206 valence electrons. The van der Waals surface area contributed by atoms with E-state index in [4.69, 9.17) is 5.73 Å². The molecule has 1 amide bonds. The monoisotopic (exact) mass is 538 g/mol. The maximum absolute atomic E-state index is 14.4. The van der Waals surface area contributed by atoms with Crippen LogP contribution in [-0.4, -0.2) is 62.0 Å². The van der Waals surface area contributed by atoms with E-state index in [1.807, 2.05) is 6.92 Å². The van der Waals surface area contributed by atoms with Gasteiger partial charge in [0.1, 0.15) is 22.8 Å². The van der Waals surface area contributed by atoms with E-state index < -0.39 is 93.5 Å². The summed E-state index contributed by atoms with van der Waals surface area (Å²) in [5.41, 5.74) is -1.24. The normalized spacial score (nSPS) is 25.4. The van der Waals surface area contributed by atoms with Gasteiger partial charge in [-0.05, 0) is 56.0 Å². The van der Waals surface area contributed by atoms with Crippen molar-refractivity contribution < 1.29 is 48.0 Å². The number of ketones is 2. The second-order valence-electron chi connectivity index (χ2n) is 10.3. The molecule has 0 aromatic heterocycles. The van der Waals surface area contributed by atoms with Crippen LogP contribution in [0.4, 0.5) is 13.2 Å². The minimum absolute atomic E-state index is 0.123. The molecule has 0 heterocycles. The first kappa shape index (κ1) is 27.6. The van der Waals surface area contributed by atoms with Crippen molar-refractivity contribution in [2.45, 2.75) is 57.3 Å². The van der Waals surface area contributed by atoms with Gasteiger partial charge in [0.15, 0.2) is 11.4 Å². The van der Waals surface area contributed by atoms with Gasteiger partial charge < -0.3 is 31.1 Å². The van der Waals surface area contributed by atoms with Crippen LogP contribution in [0.2, 0.25) is 0 Å². The summed E-state index contributed by atoms with van der Waals surface area (Å²) >= 11 is 0. The van der Waals surface area contributed by atoms with Gasteiger partial charge in [0.25, 0.3) is 5.91 Å². The van der Waals surface area contributed by atoms with Gasteiger partial charge in [-0.3, -0.25) is 14.4 Å². The largest absolute Gasteiger partial charge is 0.508 e. The molecule has 1 aromatic rings. The van der Waals surface area contributed by atoms with Gasteiger partial charge in [0, 0.05) is 24.5 Å². The maximum Gasteiger partial charge on any atom is 0.417 e. The third-order valence-electron chi connectivity index (χ3n) is 7.77. The van der Waals surface area contributed by atoms with Gasteiger partial charge in [0.05, 0.1) is 11.1 Å². The number of primary amides is 1. The lowest BCUT2D eigenvalue weighted by atomic mass is 9.59. The number of aliphatic hydroxyl groups excluding tert-OH is 2. The van der Waals surface area contributed by atoms with Gasteiger partial charge >= 0.3 is 6.18 Å². The maximum atomic E-state index is 14.4. The van der Waals surface area contributed by atoms with Crippen molar-refractivity contribution in [1.82, 2.24) is 4.90 Å². The molecule has 38 heavy (non-hydrogen) atoms. The van der Waals surface area contributed by atoms with Crippen LogP contribution >= 0.6 is 0 Å². The van der Waals surface area contributed by atoms with Crippen LogP contribution in [-0.2, 0) is 33.5 Å². The van der Waals surface area contributed by atoms with Crippen molar-refractivity contribution in [2.75, 3.05) is 13.6 Å². The molecule has 0 aliphatic heterocycles. The average molecular weight is 539 g/mol. The van der Waals surface area contributed by atoms with Crippen LogP contribution in [0.5, 0.6) is 5.75 Å². The van der Waals surface area contributed by atoms with E-state index in [0.29, 0.717) is 6.54 Å². The van der Waals surface area contributed by atoms with Crippen LogP contribution in [0, 0.1) is 11.8 Å². The Morgan fingerprint density at radius 2 is 1.87 bits per heavy atom. The van der Waals surface area contributed by atoms with Gasteiger partial charge in [-0.1, -0.05) is 13.3 Å². The minimum Gasteiger partial charge on any atom is -0.508 e. The Balaban J connectivity index is 1.90. The summed E-state index contributed by atoms with van der Waals surface area (Å²) in [5.74, 6) is -8.71. The molecular weight excluding hydrogens is 509 g/mol. The summed E-state index contributed by atoms with van der Waals surface area (Å²) in [6.07, 6.45) is -4.47. The molecular formula is C26H29F3N2O7. The summed E-state index contributed by atoms with van der Waals surface area (Å²) in [6, 6.07) is 0.911. The van der Waals surface area contributed by atoms with Crippen LogP contribution in [0.3, 0.4) is 0 Å². The number of carbonyl (C=O) groups is 3. The fraction of sp³-hybridized carbons (Fsp3) is 0.500. The number of carbonyl (C=O) groups excluding carboxylic acids is 3. The van der Waals surface area contributed by atoms with E-state index in [2.05, 4.69) is 0 Å². The summed E-state index contributed by atoms with van der Waals surface area (Å²) in [7, 11) is 1.66. The summed E-state index contributed by atoms with van der Waals surface area (Å²) in [5, 5.41) is 43.6. The van der Waals surface area contributed by atoms with E-state index in [1.54, 1.807) is 11.9 Å². The first-order valence-electron chi connectivity index (χ1n) is 12.2. The number of rotatable bonds is 6. The number of alkyl halides is 3. The number of fused-ring (bicyclic) bond motifs is 3. The molecule has 0 unspecified atom stereocenters.